The summed E-state index contributed by atoms with van der Waals surface area (Å²) in [5, 5.41) is 2.69. The van der Waals surface area contributed by atoms with E-state index in [1.165, 1.54) is 0 Å². The number of anilines is 1. The summed E-state index contributed by atoms with van der Waals surface area (Å²) in [6.45, 7) is 4.48. The summed E-state index contributed by atoms with van der Waals surface area (Å²) < 4.78 is 26.6. The van der Waals surface area contributed by atoms with Crippen molar-refractivity contribution < 1.29 is 13.6 Å². The molecule has 1 heterocycles. The molecule has 1 atom stereocenters. The first-order chi connectivity index (χ1) is 9.52. The standard InChI is InChI=1S/C14H19F2N3O/c1-2-19-5-3-4-9(19)8-18-14(20)10-6-13(17)12(16)7-11(10)15/h6-7,9H,2-5,8,17H2,1H3,(H,18,20). The quantitative estimate of drug-likeness (QED) is 0.828. The molecule has 20 heavy (non-hydrogen) atoms. The second-order valence-electron chi connectivity index (χ2n) is 4.99. The lowest BCUT2D eigenvalue weighted by atomic mass is 10.1. The van der Waals surface area contributed by atoms with Crippen LogP contribution < -0.4 is 11.1 Å². The van der Waals surface area contributed by atoms with Gasteiger partial charge in [0.15, 0.2) is 0 Å². The normalized spacial score (nSPS) is 19.2. The Kier molecular flexibility index (Phi) is 4.54. The van der Waals surface area contributed by atoms with E-state index in [-0.39, 0.29) is 17.3 Å². The van der Waals surface area contributed by atoms with Crippen molar-refractivity contribution in [2.45, 2.75) is 25.8 Å². The second-order valence-corrected chi connectivity index (χ2v) is 4.99. The zero-order chi connectivity index (χ0) is 14.7. The molecule has 1 aliphatic heterocycles. The van der Waals surface area contributed by atoms with Crippen LogP contribution in [0.2, 0.25) is 0 Å². The average Bonchev–Trinajstić information content (AvgIpc) is 2.87. The summed E-state index contributed by atoms with van der Waals surface area (Å²) in [6.07, 6.45) is 2.12. The number of carbonyl (C=O) groups is 1. The molecule has 1 fully saturated rings. The van der Waals surface area contributed by atoms with Gasteiger partial charge >= 0.3 is 0 Å². The Morgan fingerprint density at radius 3 is 2.90 bits per heavy atom. The molecule has 6 heteroatoms. The van der Waals surface area contributed by atoms with Crippen LogP contribution in [-0.2, 0) is 0 Å². The molecular formula is C14H19F2N3O. The van der Waals surface area contributed by atoms with Crippen LogP contribution in [-0.4, -0.2) is 36.5 Å². The number of likely N-dealkylation sites (tertiary alicyclic amines) is 1. The number of nitrogen functional groups attached to an aromatic ring is 1. The monoisotopic (exact) mass is 283 g/mol. The fourth-order valence-electron chi connectivity index (χ4n) is 2.59. The van der Waals surface area contributed by atoms with Crippen LogP contribution in [0.25, 0.3) is 0 Å². The molecule has 1 aliphatic rings. The highest BCUT2D eigenvalue weighted by atomic mass is 19.1. The molecule has 1 aromatic rings. The van der Waals surface area contributed by atoms with E-state index < -0.39 is 17.5 Å². The number of hydrogen-bond donors (Lipinski definition) is 2. The van der Waals surface area contributed by atoms with Crippen molar-refractivity contribution in [3.05, 3.63) is 29.3 Å². The van der Waals surface area contributed by atoms with Crippen LogP contribution in [0.5, 0.6) is 0 Å². The Balaban J connectivity index is 2.00. The van der Waals surface area contributed by atoms with Gasteiger partial charge in [0, 0.05) is 18.7 Å². The molecule has 0 aromatic heterocycles. The number of hydrogen-bond acceptors (Lipinski definition) is 3. The highest BCUT2D eigenvalue weighted by Gasteiger charge is 2.24. The van der Waals surface area contributed by atoms with Crippen LogP contribution in [0.3, 0.4) is 0 Å². The van der Waals surface area contributed by atoms with Gasteiger partial charge in [0.2, 0.25) is 0 Å². The largest absolute Gasteiger partial charge is 0.396 e. The van der Waals surface area contributed by atoms with E-state index >= 15 is 0 Å². The Hall–Kier alpha value is -1.69. The fourth-order valence-corrected chi connectivity index (χ4v) is 2.59. The molecule has 1 amide bonds. The Bertz CT molecular complexity index is 507. The van der Waals surface area contributed by atoms with Crippen LogP contribution in [0.1, 0.15) is 30.1 Å². The Morgan fingerprint density at radius 1 is 1.45 bits per heavy atom. The molecule has 1 saturated heterocycles. The topological polar surface area (TPSA) is 58.4 Å². The minimum atomic E-state index is -0.895. The molecule has 1 unspecified atom stereocenters. The first kappa shape index (κ1) is 14.7. The molecule has 3 N–H and O–H groups in total. The van der Waals surface area contributed by atoms with Crippen LogP contribution >= 0.6 is 0 Å². The highest BCUT2D eigenvalue weighted by molar-refractivity contribution is 5.95. The molecule has 4 nitrogen and oxygen atoms in total. The number of rotatable bonds is 4. The lowest BCUT2D eigenvalue weighted by molar-refractivity contribution is 0.0937. The smallest absolute Gasteiger partial charge is 0.254 e. The van der Waals surface area contributed by atoms with Gasteiger partial charge in [-0.1, -0.05) is 6.92 Å². The zero-order valence-corrected chi connectivity index (χ0v) is 11.5. The molecule has 0 spiro atoms. The van der Waals surface area contributed by atoms with E-state index in [9.17, 15) is 13.6 Å². The van der Waals surface area contributed by atoms with Gasteiger partial charge in [-0.2, -0.15) is 0 Å². The van der Waals surface area contributed by atoms with Gasteiger partial charge in [-0.25, -0.2) is 8.78 Å². The summed E-state index contributed by atoms with van der Waals surface area (Å²) in [5.74, 6) is -2.31. The third-order valence-electron chi connectivity index (χ3n) is 3.73. The summed E-state index contributed by atoms with van der Waals surface area (Å²) in [5.41, 5.74) is 4.91. The molecule has 1 aromatic carbocycles. The number of halogens is 2. The van der Waals surface area contributed by atoms with Crippen molar-refractivity contribution in [3.8, 4) is 0 Å². The minimum absolute atomic E-state index is 0.218. The third kappa shape index (κ3) is 3.07. The lowest BCUT2D eigenvalue weighted by Gasteiger charge is -2.22. The maximum Gasteiger partial charge on any atom is 0.254 e. The molecule has 2 rings (SSSR count). The van der Waals surface area contributed by atoms with Crippen molar-refractivity contribution in [3.63, 3.8) is 0 Å². The van der Waals surface area contributed by atoms with Gasteiger partial charge in [-0.3, -0.25) is 9.69 Å². The Morgan fingerprint density at radius 2 is 2.20 bits per heavy atom. The van der Waals surface area contributed by atoms with Gasteiger partial charge < -0.3 is 11.1 Å². The van der Waals surface area contributed by atoms with Crippen molar-refractivity contribution in [1.82, 2.24) is 10.2 Å². The molecular weight excluding hydrogens is 264 g/mol. The number of nitrogens with two attached hydrogens (primary N) is 1. The first-order valence-electron chi connectivity index (χ1n) is 6.79. The van der Waals surface area contributed by atoms with Gasteiger partial charge in [0.25, 0.3) is 5.91 Å². The average molecular weight is 283 g/mol. The van der Waals surface area contributed by atoms with E-state index in [4.69, 9.17) is 5.73 Å². The first-order valence-corrected chi connectivity index (χ1v) is 6.79. The summed E-state index contributed by atoms with van der Waals surface area (Å²) in [6, 6.07) is 1.95. The lowest BCUT2D eigenvalue weighted by Crippen LogP contribution is -2.40. The van der Waals surface area contributed by atoms with Gasteiger partial charge in [0.1, 0.15) is 11.6 Å². The maximum atomic E-state index is 13.6. The molecule has 0 aliphatic carbocycles. The molecule has 110 valence electrons. The van der Waals surface area contributed by atoms with Crippen LogP contribution in [0, 0.1) is 11.6 Å². The van der Waals surface area contributed by atoms with Crippen LogP contribution in [0.4, 0.5) is 14.5 Å². The van der Waals surface area contributed by atoms with Crippen molar-refractivity contribution in [2.24, 2.45) is 0 Å². The zero-order valence-electron chi connectivity index (χ0n) is 11.5. The summed E-state index contributed by atoms with van der Waals surface area (Å²) in [7, 11) is 0. The van der Waals surface area contributed by atoms with Gasteiger partial charge in [-0.05, 0) is 32.0 Å². The van der Waals surface area contributed by atoms with Gasteiger partial charge in [-0.15, -0.1) is 0 Å². The van der Waals surface area contributed by atoms with E-state index in [0.717, 1.165) is 32.0 Å². The summed E-state index contributed by atoms with van der Waals surface area (Å²) >= 11 is 0. The van der Waals surface area contributed by atoms with E-state index in [1.807, 2.05) is 0 Å². The predicted molar refractivity (Wildman–Crippen MR) is 73.4 cm³/mol. The maximum absolute atomic E-state index is 13.6. The van der Waals surface area contributed by atoms with Crippen molar-refractivity contribution in [2.75, 3.05) is 25.4 Å². The van der Waals surface area contributed by atoms with E-state index in [2.05, 4.69) is 17.1 Å². The molecule has 0 radical (unpaired) electrons. The number of amides is 1. The van der Waals surface area contributed by atoms with Crippen LogP contribution in [0.15, 0.2) is 12.1 Å². The Labute approximate surface area is 116 Å². The SMILES string of the molecule is CCN1CCCC1CNC(=O)c1cc(N)c(F)cc1F. The number of likely N-dealkylation sites (N-methyl/N-ethyl adjacent to an activating group) is 1. The predicted octanol–water partition coefficient (Wildman–Crippen LogP) is 1.76. The van der Waals surface area contributed by atoms with Crippen molar-refractivity contribution >= 4 is 11.6 Å². The highest BCUT2D eigenvalue weighted by Crippen LogP contribution is 2.18. The van der Waals surface area contributed by atoms with E-state index in [0.29, 0.717) is 12.6 Å². The fraction of sp³-hybridized carbons (Fsp3) is 0.500. The number of carbonyl (C=O) groups excluding carboxylic acids is 1. The van der Waals surface area contributed by atoms with Crippen molar-refractivity contribution in [1.29, 1.82) is 0 Å². The minimum Gasteiger partial charge on any atom is -0.396 e. The van der Waals surface area contributed by atoms with E-state index in [1.54, 1.807) is 0 Å². The molecule has 0 saturated carbocycles. The number of nitrogens with zero attached hydrogens (tertiary/aromatic N) is 1. The molecule has 0 bridgehead atoms. The number of nitrogens with one attached hydrogen (secondary N) is 1. The third-order valence-corrected chi connectivity index (χ3v) is 3.73. The van der Waals surface area contributed by atoms with Gasteiger partial charge in [0.05, 0.1) is 11.3 Å². The summed E-state index contributed by atoms with van der Waals surface area (Å²) in [4.78, 5) is 14.2. The number of benzene rings is 1. The second kappa shape index (κ2) is 6.17.